The van der Waals surface area contributed by atoms with E-state index in [-0.39, 0.29) is 0 Å². The molecule has 11 heavy (non-hydrogen) atoms. The molecule has 0 radical (unpaired) electrons. The monoisotopic (exact) mass is 186 g/mol. The minimum atomic E-state index is 1.26. The molecule has 0 bridgehead atoms. The Bertz CT molecular complexity index is 205. The molecule has 0 saturated carbocycles. The summed E-state index contributed by atoms with van der Waals surface area (Å²) >= 11 is 1.83. The van der Waals surface area contributed by atoms with E-state index < -0.39 is 0 Å². The summed E-state index contributed by atoms with van der Waals surface area (Å²) in [5.74, 6) is 0. The quantitative estimate of drug-likeness (QED) is 0.501. The Hall–Kier alpha value is 0.130. The summed E-state index contributed by atoms with van der Waals surface area (Å²) in [4.78, 5) is 0. The van der Waals surface area contributed by atoms with Crippen LogP contribution in [-0.4, -0.2) is 0 Å². The molecule has 1 atom stereocenters. The van der Waals surface area contributed by atoms with Gasteiger partial charge >= 0.3 is 0 Å². The van der Waals surface area contributed by atoms with Crippen LogP contribution in [-0.2, 0) is 6.42 Å². The van der Waals surface area contributed by atoms with Crippen molar-refractivity contribution in [1.82, 2.24) is 0 Å². The van der Waals surface area contributed by atoms with Crippen molar-refractivity contribution >= 4 is 25.2 Å². The predicted molar refractivity (Wildman–Crippen MR) is 56.9 cm³/mol. The van der Waals surface area contributed by atoms with Crippen molar-refractivity contribution in [3.8, 4) is 0 Å². The first-order valence-corrected chi connectivity index (χ1v) is 5.62. The predicted octanol–water partition coefficient (Wildman–Crippen LogP) is 2.98. The van der Waals surface area contributed by atoms with Gasteiger partial charge in [-0.2, -0.15) is 0 Å². The molecule has 1 unspecified atom stereocenters. The van der Waals surface area contributed by atoms with Gasteiger partial charge in [0.1, 0.15) is 0 Å². The highest BCUT2D eigenvalue weighted by molar-refractivity contribution is 7.43. The molecule has 0 aliphatic rings. The Kier molecular flexibility index (Phi) is 4.11. The second kappa shape index (κ2) is 4.90. The molecule has 62 valence electrons. The lowest BCUT2D eigenvalue weighted by Gasteiger charge is -1.97. The first-order valence-electron chi connectivity index (χ1n) is 4.16. The van der Waals surface area contributed by atoms with E-state index in [1.165, 1.54) is 35.9 Å². The van der Waals surface area contributed by atoms with E-state index in [0.717, 1.165) is 0 Å². The van der Waals surface area contributed by atoms with Gasteiger partial charge in [-0.25, -0.2) is 0 Å². The van der Waals surface area contributed by atoms with E-state index >= 15 is 0 Å². The third-order valence-corrected chi connectivity index (χ3v) is 3.40. The van der Waals surface area contributed by atoms with Gasteiger partial charge in [0.2, 0.25) is 0 Å². The fourth-order valence-electron chi connectivity index (χ4n) is 1.12. The summed E-state index contributed by atoms with van der Waals surface area (Å²) in [7, 11) is 2.80. The number of aryl methyl sites for hydroxylation is 1. The topological polar surface area (TPSA) is 0 Å². The lowest BCUT2D eigenvalue weighted by atomic mass is 10.1. The van der Waals surface area contributed by atoms with Gasteiger partial charge in [0.15, 0.2) is 0 Å². The van der Waals surface area contributed by atoms with Crippen molar-refractivity contribution in [3.05, 3.63) is 17.0 Å². The highest BCUT2D eigenvalue weighted by Crippen LogP contribution is 2.11. The van der Waals surface area contributed by atoms with Crippen LogP contribution in [0.5, 0.6) is 0 Å². The van der Waals surface area contributed by atoms with Crippen LogP contribution in [0, 0.1) is 0 Å². The van der Waals surface area contributed by atoms with Crippen LogP contribution < -0.4 is 4.62 Å². The molecular weight excluding hydrogens is 171 g/mol. The van der Waals surface area contributed by atoms with Crippen LogP contribution in [0.25, 0.3) is 0 Å². The van der Waals surface area contributed by atoms with Crippen molar-refractivity contribution in [3.63, 3.8) is 0 Å². The fraction of sp³-hybridized carbons (Fsp3) is 0.556. The average molecular weight is 186 g/mol. The van der Waals surface area contributed by atoms with E-state index in [1.54, 1.807) is 0 Å². The summed E-state index contributed by atoms with van der Waals surface area (Å²) in [5, 5.41) is 2.17. The Morgan fingerprint density at radius 1 is 1.45 bits per heavy atom. The van der Waals surface area contributed by atoms with Crippen LogP contribution in [0.15, 0.2) is 11.4 Å². The number of rotatable bonds is 4. The maximum atomic E-state index is 2.80. The van der Waals surface area contributed by atoms with E-state index in [4.69, 9.17) is 0 Å². The molecule has 1 rings (SSSR count). The van der Waals surface area contributed by atoms with Gasteiger partial charge in [0.05, 0.1) is 0 Å². The van der Waals surface area contributed by atoms with Crippen LogP contribution in [0.2, 0.25) is 0 Å². The zero-order valence-electron chi connectivity index (χ0n) is 6.97. The van der Waals surface area contributed by atoms with Crippen molar-refractivity contribution < 1.29 is 0 Å². The van der Waals surface area contributed by atoms with E-state index in [1.807, 2.05) is 11.3 Å². The number of hydrogen-bond donors (Lipinski definition) is 0. The SMILES string of the molecule is CCCCCc1ccsc1P. The Morgan fingerprint density at radius 3 is 2.82 bits per heavy atom. The second-order valence-electron chi connectivity index (χ2n) is 2.77. The highest BCUT2D eigenvalue weighted by Gasteiger charge is 1.97. The molecule has 1 heterocycles. The molecule has 0 nitrogen and oxygen atoms in total. The van der Waals surface area contributed by atoms with Gasteiger partial charge in [-0.15, -0.1) is 11.3 Å². The van der Waals surface area contributed by atoms with Gasteiger partial charge in [-0.1, -0.05) is 29.0 Å². The van der Waals surface area contributed by atoms with Crippen molar-refractivity contribution in [1.29, 1.82) is 0 Å². The Balaban J connectivity index is 2.32. The molecule has 0 saturated heterocycles. The summed E-state index contributed by atoms with van der Waals surface area (Å²) in [6, 6.07) is 2.24. The van der Waals surface area contributed by atoms with Crippen molar-refractivity contribution in [2.75, 3.05) is 0 Å². The minimum Gasteiger partial charge on any atom is -0.144 e. The molecular formula is C9H15PS. The fourth-order valence-corrected chi connectivity index (χ4v) is 2.30. The van der Waals surface area contributed by atoms with Gasteiger partial charge in [-0.05, 0) is 29.9 Å². The normalized spacial score (nSPS) is 10.4. The molecule has 0 fully saturated rings. The second-order valence-corrected chi connectivity index (χ2v) is 4.71. The standard InChI is InChI=1S/C9H15PS/c1-2-3-4-5-8-6-7-11-9(8)10/h6-7H,2-5,10H2,1H3. The number of thiophene rings is 1. The molecule has 0 N–H and O–H groups in total. The molecule has 0 amide bonds. The summed E-state index contributed by atoms with van der Waals surface area (Å²) < 4.78 is 1.42. The Labute approximate surface area is 75.2 Å². The molecule has 0 aromatic carbocycles. The van der Waals surface area contributed by atoms with E-state index in [2.05, 4.69) is 27.6 Å². The number of unbranched alkanes of at least 4 members (excludes halogenated alkanes) is 2. The maximum Gasteiger partial charge on any atom is 0.0248 e. The summed E-state index contributed by atoms with van der Waals surface area (Å²) in [6.45, 7) is 2.25. The van der Waals surface area contributed by atoms with E-state index in [9.17, 15) is 0 Å². The van der Waals surface area contributed by atoms with Crippen molar-refractivity contribution in [2.24, 2.45) is 0 Å². The molecule has 1 aromatic rings. The summed E-state index contributed by atoms with van der Waals surface area (Å²) in [6.07, 6.45) is 5.28. The zero-order valence-corrected chi connectivity index (χ0v) is 8.94. The first-order chi connectivity index (χ1) is 5.34. The Morgan fingerprint density at radius 2 is 2.27 bits per heavy atom. The summed E-state index contributed by atoms with van der Waals surface area (Å²) in [5.41, 5.74) is 1.52. The van der Waals surface area contributed by atoms with Gasteiger partial charge < -0.3 is 0 Å². The third-order valence-electron chi connectivity index (χ3n) is 1.83. The van der Waals surface area contributed by atoms with Gasteiger partial charge in [-0.3, -0.25) is 0 Å². The molecule has 1 aromatic heterocycles. The van der Waals surface area contributed by atoms with Crippen molar-refractivity contribution in [2.45, 2.75) is 32.6 Å². The minimum absolute atomic E-state index is 1.26. The van der Waals surface area contributed by atoms with Gasteiger partial charge in [0.25, 0.3) is 0 Å². The maximum absolute atomic E-state index is 2.80. The molecule has 0 aliphatic heterocycles. The lowest BCUT2D eigenvalue weighted by molar-refractivity contribution is 0.720. The molecule has 2 heteroatoms. The molecule has 0 spiro atoms. The molecule has 0 aliphatic carbocycles. The largest absolute Gasteiger partial charge is 0.144 e. The van der Waals surface area contributed by atoms with Crippen LogP contribution >= 0.6 is 20.6 Å². The van der Waals surface area contributed by atoms with E-state index in [0.29, 0.717) is 0 Å². The number of hydrogen-bond acceptors (Lipinski definition) is 1. The smallest absolute Gasteiger partial charge is 0.0248 e. The van der Waals surface area contributed by atoms with Crippen LogP contribution in [0.3, 0.4) is 0 Å². The van der Waals surface area contributed by atoms with Crippen LogP contribution in [0.4, 0.5) is 0 Å². The van der Waals surface area contributed by atoms with Gasteiger partial charge in [0, 0.05) is 4.62 Å². The zero-order chi connectivity index (χ0) is 8.10. The average Bonchev–Trinajstić information content (AvgIpc) is 2.37. The van der Waals surface area contributed by atoms with Crippen LogP contribution in [0.1, 0.15) is 31.7 Å². The lowest BCUT2D eigenvalue weighted by Crippen LogP contribution is -1.93. The first kappa shape index (κ1) is 9.22. The highest BCUT2D eigenvalue weighted by atomic mass is 32.1. The third kappa shape index (κ3) is 2.92.